The van der Waals surface area contributed by atoms with Crippen molar-refractivity contribution in [2.45, 2.75) is 103 Å². The van der Waals surface area contributed by atoms with Gasteiger partial charge in [0.25, 0.3) is 0 Å². The minimum absolute atomic E-state index is 0.178. The Morgan fingerprint density at radius 1 is 1.17 bits per heavy atom. The average Bonchev–Trinajstić information content (AvgIpc) is 2.60. The predicted octanol–water partition coefficient (Wildman–Crippen LogP) is 5.35. The number of ether oxygens (including phenoxy) is 1. The van der Waals surface area contributed by atoms with E-state index in [1.54, 1.807) is 0 Å². The first kappa shape index (κ1) is 20.2. The van der Waals surface area contributed by atoms with Gasteiger partial charge in [0.15, 0.2) is 6.23 Å². The summed E-state index contributed by atoms with van der Waals surface area (Å²) in [6.45, 7) is 7.81. The fourth-order valence-corrected chi connectivity index (χ4v) is 3.62. The lowest BCUT2D eigenvalue weighted by molar-refractivity contribution is -0.145. The lowest BCUT2D eigenvalue weighted by Gasteiger charge is -2.33. The maximum Gasteiger partial charge on any atom is 0.331 e. The van der Waals surface area contributed by atoms with Gasteiger partial charge in [0.05, 0.1) is 0 Å². The summed E-state index contributed by atoms with van der Waals surface area (Å²) in [7, 11) is 0. The van der Waals surface area contributed by atoms with Crippen molar-refractivity contribution in [1.29, 1.82) is 0 Å². The van der Waals surface area contributed by atoms with Gasteiger partial charge in [-0.1, -0.05) is 71.8 Å². The third kappa shape index (κ3) is 8.55. The molecule has 0 aliphatic heterocycles. The first-order chi connectivity index (χ1) is 11.2. The normalized spacial score (nSPS) is 18.3. The van der Waals surface area contributed by atoms with Gasteiger partial charge in [-0.3, -0.25) is 5.32 Å². The molecule has 0 aromatic heterocycles. The molecule has 0 aromatic rings. The molecule has 0 heterocycles. The highest BCUT2D eigenvalue weighted by Gasteiger charge is 2.26. The molecule has 0 saturated heterocycles. The summed E-state index contributed by atoms with van der Waals surface area (Å²) in [5.74, 6) is 0.418. The van der Waals surface area contributed by atoms with Gasteiger partial charge in [-0.25, -0.2) is 4.79 Å². The molecule has 1 fully saturated rings. The predicted molar refractivity (Wildman–Crippen MR) is 97.2 cm³/mol. The molecular weight excluding hydrogens is 286 g/mol. The van der Waals surface area contributed by atoms with Gasteiger partial charge in [-0.15, -0.1) is 0 Å². The summed E-state index contributed by atoms with van der Waals surface area (Å²) < 4.78 is 5.45. The van der Waals surface area contributed by atoms with Crippen molar-refractivity contribution in [1.82, 2.24) is 5.32 Å². The van der Waals surface area contributed by atoms with Gasteiger partial charge in [0, 0.05) is 12.1 Å². The van der Waals surface area contributed by atoms with Crippen molar-refractivity contribution in [3.8, 4) is 0 Å². The van der Waals surface area contributed by atoms with Crippen molar-refractivity contribution in [2.75, 3.05) is 0 Å². The maximum absolute atomic E-state index is 11.5. The smallest absolute Gasteiger partial charge is 0.331 e. The second kappa shape index (κ2) is 12.6. The van der Waals surface area contributed by atoms with E-state index in [4.69, 9.17) is 4.74 Å². The number of nitrogens with one attached hydrogen (secondary N) is 1. The first-order valence-corrected chi connectivity index (χ1v) is 9.80. The summed E-state index contributed by atoms with van der Waals surface area (Å²) in [6.07, 6.45) is 16.4. The van der Waals surface area contributed by atoms with Gasteiger partial charge in [-0.05, 0) is 31.6 Å². The van der Waals surface area contributed by atoms with E-state index in [0.29, 0.717) is 6.04 Å². The zero-order chi connectivity index (χ0) is 16.9. The molecule has 23 heavy (non-hydrogen) atoms. The van der Waals surface area contributed by atoms with Crippen molar-refractivity contribution < 1.29 is 9.53 Å². The quantitative estimate of drug-likeness (QED) is 0.228. The van der Waals surface area contributed by atoms with Crippen LogP contribution >= 0.6 is 0 Å². The van der Waals surface area contributed by atoms with Gasteiger partial charge < -0.3 is 4.74 Å². The Morgan fingerprint density at radius 3 is 2.48 bits per heavy atom. The number of hydrogen-bond donors (Lipinski definition) is 1. The molecule has 1 aliphatic rings. The molecule has 1 rings (SSSR count). The van der Waals surface area contributed by atoms with Crippen LogP contribution in [0.15, 0.2) is 12.7 Å². The fraction of sp³-hybridized carbons (Fsp3) is 0.850. The Hall–Kier alpha value is -0.830. The third-order valence-corrected chi connectivity index (χ3v) is 5.03. The van der Waals surface area contributed by atoms with E-state index in [9.17, 15) is 4.79 Å². The van der Waals surface area contributed by atoms with Crippen LogP contribution in [-0.2, 0) is 9.53 Å². The van der Waals surface area contributed by atoms with Crippen LogP contribution in [0.3, 0.4) is 0 Å². The second-order valence-corrected chi connectivity index (χ2v) is 6.91. The van der Waals surface area contributed by atoms with E-state index in [1.165, 1.54) is 76.7 Å². The molecule has 2 atom stereocenters. The SMILES string of the molecule is C=CC(=O)OC(CC)NC(CCCCCCC)C1CCCCC1. The van der Waals surface area contributed by atoms with Crippen molar-refractivity contribution in [3.63, 3.8) is 0 Å². The third-order valence-electron chi connectivity index (χ3n) is 5.03. The first-order valence-electron chi connectivity index (χ1n) is 9.80. The van der Waals surface area contributed by atoms with Crippen LogP contribution in [0.5, 0.6) is 0 Å². The highest BCUT2D eigenvalue weighted by molar-refractivity contribution is 5.81. The zero-order valence-electron chi connectivity index (χ0n) is 15.3. The Morgan fingerprint density at radius 2 is 1.87 bits per heavy atom. The van der Waals surface area contributed by atoms with Crippen LogP contribution in [0.2, 0.25) is 0 Å². The van der Waals surface area contributed by atoms with Crippen molar-refractivity contribution >= 4 is 5.97 Å². The van der Waals surface area contributed by atoms with Crippen molar-refractivity contribution in [2.24, 2.45) is 5.92 Å². The molecule has 1 N–H and O–H groups in total. The van der Waals surface area contributed by atoms with Crippen LogP contribution < -0.4 is 5.32 Å². The molecule has 0 amide bonds. The molecule has 0 spiro atoms. The molecule has 0 radical (unpaired) electrons. The number of rotatable bonds is 12. The van der Waals surface area contributed by atoms with E-state index in [-0.39, 0.29) is 12.2 Å². The van der Waals surface area contributed by atoms with Gasteiger partial charge in [0.2, 0.25) is 0 Å². The number of hydrogen-bond acceptors (Lipinski definition) is 3. The van der Waals surface area contributed by atoms with Crippen LogP contribution in [-0.4, -0.2) is 18.2 Å². The Labute approximate surface area is 143 Å². The average molecular weight is 324 g/mol. The summed E-state index contributed by atoms with van der Waals surface area (Å²) in [4.78, 5) is 11.5. The monoisotopic (exact) mass is 323 g/mol. The summed E-state index contributed by atoms with van der Waals surface area (Å²) in [5.41, 5.74) is 0. The molecule has 3 heteroatoms. The standard InChI is InChI=1S/C20H37NO2/c1-4-7-8-9-13-16-18(17-14-11-10-12-15-17)21-19(5-2)23-20(22)6-3/h6,17-19,21H,3-5,7-16H2,1-2H3. The van der Waals surface area contributed by atoms with E-state index in [2.05, 4.69) is 25.7 Å². The Kier molecular flexibility index (Phi) is 11.1. The summed E-state index contributed by atoms with van der Waals surface area (Å²) >= 11 is 0. The molecule has 0 bridgehead atoms. The maximum atomic E-state index is 11.5. The lowest BCUT2D eigenvalue weighted by atomic mass is 9.82. The number of carbonyl (C=O) groups is 1. The number of esters is 1. The van der Waals surface area contributed by atoms with E-state index >= 15 is 0 Å². The molecule has 1 saturated carbocycles. The topological polar surface area (TPSA) is 38.3 Å². The molecule has 2 unspecified atom stereocenters. The summed E-state index contributed by atoms with van der Waals surface area (Å²) in [5, 5.41) is 3.64. The highest BCUT2D eigenvalue weighted by atomic mass is 16.6. The Bertz CT molecular complexity index is 324. The van der Waals surface area contributed by atoms with Crippen LogP contribution in [0.1, 0.15) is 90.9 Å². The molecule has 134 valence electrons. The van der Waals surface area contributed by atoms with Gasteiger partial charge >= 0.3 is 5.97 Å². The fourth-order valence-electron chi connectivity index (χ4n) is 3.62. The molecule has 3 nitrogen and oxygen atoms in total. The largest absolute Gasteiger partial charge is 0.443 e. The highest BCUT2D eigenvalue weighted by Crippen LogP contribution is 2.29. The van der Waals surface area contributed by atoms with E-state index < -0.39 is 0 Å². The van der Waals surface area contributed by atoms with Crippen LogP contribution in [0.25, 0.3) is 0 Å². The van der Waals surface area contributed by atoms with Crippen LogP contribution in [0, 0.1) is 5.92 Å². The van der Waals surface area contributed by atoms with Gasteiger partial charge in [0.1, 0.15) is 0 Å². The van der Waals surface area contributed by atoms with Crippen LogP contribution in [0.4, 0.5) is 0 Å². The Balaban J connectivity index is 2.50. The minimum atomic E-state index is -0.324. The van der Waals surface area contributed by atoms with E-state index in [0.717, 1.165) is 12.3 Å². The van der Waals surface area contributed by atoms with Gasteiger partial charge in [-0.2, -0.15) is 0 Å². The lowest BCUT2D eigenvalue weighted by Crippen LogP contribution is -2.45. The number of unbranched alkanes of at least 4 members (excludes halogenated alkanes) is 4. The molecule has 0 aromatic carbocycles. The second-order valence-electron chi connectivity index (χ2n) is 6.91. The number of carbonyl (C=O) groups excluding carboxylic acids is 1. The molecular formula is C20H37NO2. The van der Waals surface area contributed by atoms with Crippen molar-refractivity contribution in [3.05, 3.63) is 12.7 Å². The van der Waals surface area contributed by atoms with E-state index in [1.807, 2.05) is 0 Å². The molecule has 1 aliphatic carbocycles. The minimum Gasteiger partial charge on any atom is -0.443 e. The summed E-state index contributed by atoms with van der Waals surface area (Å²) in [6, 6.07) is 0.486. The zero-order valence-corrected chi connectivity index (χ0v) is 15.3.